The number of nitrogens with two attached hydrogens (primary N) is 1. The number of nitrogens with zero attached hydrogens (tertiary/aromatic N) is 1. The first kappa shape index (κ1) is 17.9. The SMILES string of the molecule is Cc1ccc(S(N)(=O)=O)cc1C(=O)N1CCC(NC(=O)C2CC2)CC1. The van der Waals surface area contributed by atoms with Crippen molar-refractivity contribution in [2.24, 2.45) is 11.1 Å². The number of likely N-dealkylation sites (tertiary alicyclic amines) is 1. The maximum Gasteiger partial charge on any atom is 0.254 e. The molecular weight excluding hydrogens is 342 g/mol. The zero-order valence-corrected chi connectivity index (χ0v) is 15.0. The van der Waals surface area contributed by atoms with Gasteiger partial charge in [-0.15, -0.1) is 0 Å². The van der Waals surface area contributed by atoms with Gasteiger partial charge in [-0.1, -0.05) is 6.07 Å². The Balaban J connectivity index is 1.65. The fraction of sp³-hybridized carbons (Fsp3) is 0.529. The van der Waals surface area contributed by atoms with E-state index in [-0.39, 0.29) is 28.7 Å². The van der Waals surface area contributed by atoms with Crippen LogP contribution < -0.4 is 10.5 Å². The Hall–Kier alpha value is -1.93. The summed E-state index contributed by atoms with van der Waals surface area (Å²) < 4.78 is 23.0. The Kier molecular flexibility index (Phi) is 4.83. The molecule has 0 atom stereocenters. The highest BCUT2D eigenvalue weighted by Gasteiger charge is 2.32. The van der Waals surface area contributed by atoms with E-state index in [0.29, 0.717) is 37.1 Å². The van der Waals surface area contributed by atoms with Crippen molar-refractivity contribution in [2.75, 3.05) is 13.1 Å². The second-order valence-electron chi connectivity index (χ2n) is 6.87. The molecule has 1 aromatic rings. The van der Waals surface area contributed by atoms with Crippen molar-refractivity contribution in [2.45, 2.75) is 43.5 Å². The molecule has 7 nitrogen and oxygen atoms in total. The highest BCUT2D eigenvalue weighted by Crippen LogP contribution is 2.29. The van der Waals surface area contributed by atoms with Gasteiger partial charge >= 0.3 is 0 Å². The number of piperidine rings is 1. The third-order valence-corrected chi connectivity index (χ3v) is 5.76. The van der Waals surface area contributed by atoms with Crippen LogP contribution in [0, 0.1) is 12.8 Å². The first-order chi connectivity index (χ1) is 11.8. The molecule has 0 radical (unpaired) electrons. The van der Waals surface area contributed by atoms with Gasteiger partial charge in [0.15, 0.2) is 0 Å². The number of carbonyl (C=O) groups excluding carboxylic acids is 2. The molecule has 25 heavy (non-hydrogen) atoms. The molecule has 0 spiro atoms. The number of amides is 2. The number of hydrogen-bond acceptors (Lipinski definition) is 4. The molecule has 0 aromatic heterocycles. The fourth-order valence-corrected chi connectivity index (χ4v) is 3.61. The second kappa shape index (κ2) is 6.76. The molecule has 8 heteroatoms. The van der Waals surface area contributed by atoms with Gasteiger partial charge in [0.05, 0.1) is 4.90 Å². The zero-order chi connectivity index (χ0) is 18.2. The van der Waals surface area contributed by atoms with Crippen LogP contribution in [0.15, 0.2) is 23.1 Å². The van der Waals surface area contributed by atoms with E-state index in [4.69, 9.17) is 5.14 Å². The Morgan fingerprint density at radius 1 is 1.16 bits per heavy atom. The molecule has 1 heterocycles. The number of sulfonamides is 1. The van der Waals surface area contributed by atoms with Gasteiger partial charge < -0.3 is 10.2 Å². The molecule has 2 aliphatic rings. The summed E-state index contributed by atoms with van der Waals surface area (Å²) >= 11 is 0. The Morgan fingerprint density at radius 3 is 2.36 bits per heavy atom. The second-order valence-corrected chi connectivity index (χ2v) is 8.43. The number of primary sulfonamides is 1. The van der Waals surface area contributed by atoms with E-state index in [9.17, 15) is 18.0 Å². The topological polar surface area (TPSA) is 110 Å². The van der Waals surface area contributed by atoms with Crippen molar-refractivity contribution < 1.29 is 18.0 Å². The van der Waals surface area contributed by atoms with Crippen LogP contribution in [0.1, 0.15) is 41.6 Å². The van der Waals surface area contributed by atoms with E-state index in [0.717, 1.165) is 12.8 Å². The summed E-state index contributed by atoms with van der Waals surface area (Å²) in [5.41, 5.74) is 1.06. The minimum Gasteiger partial charge on any atom is -0.353 e. The largest absolute Gasteiger partial charge is 0.353 e. The van der Waals surface area contributed by atoms with E-state index in [1.54, 1.807) is 17.9 Å². The van der Waals surface area contributed by atoms with Gasteiger partial charge in [0.2, 0.25) is 15.9 Å². The van der Waals surface area contributed by atoms with E-state index in [1.807, 2.05) is 0 Å². The van der Waals surface area contributed by atoms with Crippen LogP contribution in [-0.2, 0) is 14.8 Å². The van der Waals surface area contributed by atoms with Crippen molar-refractivity contribution in [3.63, 3.8) is 0 Å². The van der Waals surface area contributed by atoms with Gasteiger partial charge in [-0.2, -0.15) is 0 Å². The summed E-state index contributed by atoms with van der Waals surface area (Å²) in [7, 11) is -3.85. The van der Waals surface area contributed by atoms with Gasteiger partial charge in [-0.25, -0.2) is 13.6 Å². The average Bonchev–Trinajstić information content (AvgIpc) is 3.39. The Morgan fingerprint density at radius 2 is 1.80 bits per heavy atom. The number of aryl methyl sites for hydroxylation is 1. The lowest BCUT2D eigenvalue weighted by molar-refractivity contribution is -0.123. The van der Waals surface area contributed by atoms with Gasteiger partial charge in [-0.3, -0.25) is 9.59 Å². The lowest BCUT2D eigenvalue weighted by Gasteiger charge is -2.32. The Bertz CT molecular complexity index is 794. The molecule has 1 saturated heterocycles. The number of rotatable bonds is 4. The molecule has 3 rings (SSSR count). The fourth-order valence-electron chi connectivity index (χ4n) is 3.07. The first-order valence-corrected chi connectivity index (χ1v) is 10.0. The lowest BCUT2D eigenvalue weighted by Crippen LogP contribution is -2.47. The van der Waals surface area contributed by atoms with Crippen molar-refractivity contribution in [3.05, 3.63) is 29.3 Å². The quantitative estimate of drug-likeness (QED) is 0.821. The van der Waals surface area contributed by atoms with Crippen molar-refractivity contribution in [1.82, 2.24) is 10.2 Å². The normalized spacial score (nSPS) is 18.9. The molecule has 2 amide bonds. The summed E-state index contributed by atoms with van der Waals surface area (Å²) in [6, 6.07) is 4.44. The minimum absolute atomic E-state index is 0.0620. The van der Waals surface area contributed by atoms with Crippen molar-refractivity contribution in [3.8, 4) is 0 Å². The van der Waals surface area contributed by atoms with Crippen molar-refractivity contribution >= 4 is 21.8 Å². The minimum atomic E-state index is -3.85. The summed E-state index contributed by atoms with van der Waals surface area (Å²) in [6.07, 6.45) is 3.36. The van der Waals surface area contributed by atoms with Crippen LogP contribution in [0.4, 0.5) is 0 Å². The zero-order valence-electron chi connectivity index (χ0n) is 14.2. The average molecular weight is 365 g/mol. The summed E-state index contributed by atoms with van der Waals surface area (Å²) in [4.78, 5) is 26.2. The maximum atomic E-state index is 12.7. The van der Waals surface area contributed by atoms with Gasteiger partial charge in [0, 0.05) is 30.6 Å². The van der Waals surface area contributed by atoms with Gasteiger partial charge in [-0.05, 0) is 50.3 Å². The molecule has 3 N–H and O–H groups in total. The molecule has 0 unspecified atom stereocenters. The van der Waals surface area contributed by atoms with Crippen LogP contribution in [0.2, 0.25) is 0 Å². The first-order valence-electron chi connectivity index (χ1n) is 8.49. The number of hydrogen-bond donors (Lipinski definition) is 2. The van der Waals surface area contributed by atoms with Crippen LogP contribution >= 0.6 is 0 Å². The van der Waals surface area contributed by atoms with E-state index in [2.05, 4.69) is 5.32 Å². The molecule has 1 saturated carbocycles. The van der Waals surface area contributed by atoms with Gasteiger partial charge in [0.1, 0.15) is 0 Å². The molecule has 136 valence electrons. The molecule has 0 bridgehead atoms. The summed E-state index contributed by atoms with van der Waals surface area (Å²) in [6.45, 7) is 2.84. The molecule has 2 fully saturated rings. The third kappa shape index (κ3) is 4.19. The van der Waals surface area contributed by atoms with E-state index in [1.165, 1.54) is 12.1 Å². The highest BCUT2D eigenvalue weighted by atomic mass is 32.2. The highest BCUT2D eigenvalue weighted by molar-refractivity contribution is 7.89. The van der Waals surface area contributed by atoms with Crippen LogP contribution in [-0.4, -0.2) is 44.3 Å². The molecular formula is C17H23N3O4S. The van der Waals surface area contributed by atoms with Gasteiger partial charge in [0.25, 0.3) is 5.91 Å². The van der Waals surface area contributed by atoms with E-state index < -0.39 is 10.0 Å². The van der Waals surface area contributed by atoms with Crippen LogP contribution in [0.25, 0.3) is 0 Å². The smallest absolute Gasteiger partial charge is 0.254 e. The molecule has 1 aromatic carbocycles. The van der Waals surface area contributed by atoms with E-state index >= 15 is 0 Å². The molecule has 1 aliphatic heterocycles. The van der Waals surface area contributed by atoms with Crippen LogP contribution in [0.3, 0.4) is 0 Å². The lowest BCUT2D eigenvalue weighted by atomic mass is 10.0. The third-order valence-electron chi connectivity index (χ3n) is 4.84. The predicted molar refractivity (Wildman–Crippen MR) is 92.3 cm³/mol. The number of benzene rings is 1. The van der Waals surface area contributed by atoms with Crippen LogP contribution in [0.5, 0.6) is 0 Å². The standard InChI is InChI=1S/C17H23N3O4S/c1-11-2-5-14(25(18,23)24)10-15(11)17(22)20-8-6-13(7-9-20)19-16(21)12-3-4-12/h2,5,10,12-13H,3-4,6-9H2,1H3,(H,19,21)(H2,18,23,24). The monoisotopic (exact) mass is 365 g/mol. The Labute approximate surface area is 147 Å². The van der Waals surface area contributed by atoms with Crippen molar-refractivity contribution in [1.29, 1.82) is 0 Å². The predicted octanol–water partition coefficient (Wildman–Crippen LogP) is 0.773. The summed E-state index contributed by atoms with van der Waals surface area (Å²) in [5, 5.41) is 8.20. The maximum absolute atomic E-state index is 12.7. The number of nitrogens with one attached hydrogen (secondary N) is 1. The summed E-state index contributed by atoms with van der Waals surface area (Å²) in [5.74, 6) is 0.111. The molecule has 1 aliphatic carbocycles. The number of carbonyl (C=O) groups is 2.